The zero-order valence-corrected chi connectivity index (χ0v) is 15.4. The minimum atomic E-state index is -0.409. The van der Waals surface area contributed by atoms with E-state index in [4.69, 9.17) is 10.5 Å². The molecule has 0 radical (unpaired) electrons. The van der Waals surface area contributed by atoms with Crippen molar-refractivity contribution in [3.8, 4) is 22.4 Å². The van der Waals surface area contributed by atoms with Crippen LogP contribution in [0.25, 0.3) is 22.4 Å². The summed E-state index contributed by atoms with van der Waals surface area (Å²) in [6, 6.07) is 20.6. The number of rotatable bonds is 6. The summed E-state index contributed by atoms with van der Waals surface area (Å²) in [4.78, 5) is 11.8. The van der Waals surface area contributed by atoms with Gasteiger partial charge >= 0.3 is 0 Å². The van der Waals surface area contributed by atoms with Gasteiger partial charge in [0.15, 0.2) is 0 Å². The number of nitrogens with two attached hydrogens (primary N) is 1. The molecule has 2 aromatic carbocycles. The Morgan fingerprint density at radius 2 is 1.62 bits per heavy atom. The summed E-state index contributed by atoms with van der Waals surface area (Å²) in [6.07, 6.45) is 0. The van der Waals surface area contributed by atoms with E-state index in [1.165, 1.54) is 5.56 Å². The van der Waals surface area contributed by atoms with Gasteiger partial charge < -0.3 is 15.0 Å². The number of amides is 1. The molecule has 1 aromatic heterocycles. The van der Waals surface area contributed by atoms with Gasteiger partial charge in [0.25, 0.3) is 5.91 Å². The van der Waals surface area contributed by atoms with Crippen LogP contribution in [0, 0.1) is 6.92 Å². The Bertz CT molecular complexity index is 896. The van der Waals surface area contributed by atoms with Gasteiger partial charge in [-0.15, -0.1) is 0 Å². The molecule has 2 N–H and O–H groups in total. The molecule has 4 nitrogen and oxygen atoms in total. The van der Waals surface area contributed by atoms with E-state index in [1.807, 2.05) is 31.2 Å². The van der Waals surface area contributed by atoms with Crippen LogP contribution in [-0.2, 0) is 4.74 Å². The van der Waals surface area contributed by atoms with Gasteiger partial charge in [0, 0.05) is 18.5 Å². The van der Waals surface area contributed by atoms with Crippen LogP contribution in [0.15, 0.2) is 60.7 Å². The molecule has 1 atom stereocenters. The molecule has 134 valence electrons. The summed E-state index contributed by atoms with van der Waals surface area (Å²) in [5.74, 6) is -0.409. The fourth-order valence-electron chi connectivity index (χ4n) is 3.44. The number of ether oxygens (including phenoxy) is 1. The van der Waals surface area contributed by atoms with Crippen LogP contribution >= 0.6 is 0 Å². The van der Waals surface area contributed by atoms with E-state index < -0.39 is 5.91 Å². The van der Waals surface area contributed by atoms with Crippen LogP contribution in [0.4, 0.5) is 0 Å². The molecule has 0 aliphatic heterocycles. The second-order valence-electron chi connectivity index (χ2n) is 6.51. The first kappa shape index (κ1) is 18.0. The number of primary amides is 1. The Labute approximate surface area is 154 Å². The number of methoxy groups -OCH3 is 1. The summed E-state index contributed by atoms with van der Waals surface area (Å²) >= 11 is 0. The Morgan fingerprint density at radius 3 is 2.19 bits per heavy atom. The van der Waals surface area contributed by atoms with Crippen LogP contribution < -0.4 is 5.73 Å². The lowest BCUT2D eigenvalue weighted by Crippen LogP contribution is -2.16. The van der Waals surface area contributed by atoms with Gasteiger partial charge in [-0.2, -0.15) is 0 Å². The first-order chi connectivity index (χ1) is 12.5. The molecule has 3 aromatic rings. The molecule has 4 heteroatoms. The Morgan fingerprint density at radius 1 is 1.04 bits per heavy atom. The van der Waals surface area contributed by atoms with Crippen LogP contribution in [0.2, 0.25) is 0 Å². The predicted octanol–water partition coefficient (Wildman–Crippen LogP) is 4.44. The SMILES string of the molecule is COCC(C)n1c(-c2ccc(-c3ccccc3)cc2)cc(C(N)=O)c1C. The summed E-state index contributed by atoms with van der Waals surface area (Å²) in [5, 5.41) is 0. The Balaban J connectivity index is 2.05. The van der Waals surface area contributed by atoms with E-state index >= 15 is 0 Å². The number of hydrogen-bond donors (Lipinski definition) is 1. The zero-order valence-electron chi connectivity index (χ0n) is 15.4. The minimum Gasteiger partial charge on any atom is -0.383 e. The molecule has 1 amide bonds. The Kier molecular flexibility index (Phi) is 5.24. The molecule has 0 aliphatic carbocycles. The van der Waals surface area contributed by atoms with E-state index in [0.29, 0.717) is 12.2 Å². The van der Waals surface area contributed by atoms with Gasteiger partial charge in [0.1, 0.15) is 0 Å². The predicted molar refractivity (Wildman–Crippen MR) is 105 cm³/mol. The highest BCUT2D eigenvalue weighted by atomic mass is 16.5. The quantitative estimate of drug-likeness (QED) is 0.716. The van der Waals surface area contributed by atoms with Gasteiger partial charge in [0.2, 0.25) is 0 Å². The first-order valence-corrected chi connectivity index (χ1v) is 8.69. The molecule has 0 aliphatic rings. The molecule has 3 rings (SSSR count). The summed E-state index contributed by atoms with van der Waals surface area (Å²) in [6.45, 7) is 4.56. The summed E-state index contributed by atoms with van der Waals surface area (Å²) < 4.78 is 7.44. The fourth-order valence-corrected chi connectivity index (χ4v) is 3.44. The van der Waals surface area contributed by atoms with Crippen molar-refractivity contribution < 1.29 is 9.53 Å². The molecule has 0 bridgehead atoms. The lowest BCUT2D eigenvalue weighted by Gasteiger charge is -2.19. The first-order valence-electron chi connectivity index (χ1n) is 8.69. The second-order valence-corrected chi connectivity index (χ2v) is 6.51. The molecule has 26 heavy (non-hydrogen) atoms. The van der Waals surface area contributed by atoms with Crippen molar-refractivity contribution in [2.75, 3.05) is 13.7 Å². The summed E-state index contributed by atoms with van der Waals surface area (Å²) in [7, 11) is 1.68. The van der Waals surface area contributed by atoms with E-state index in [0.717, 1.165) is 22.5 Å². The molecular weight excluding hydrogens is 324 g/mol. The molecule has 0 fully saturated rings. The van der Waals surface area contributed by atoms with E-state index in [2.05, 4.69) is 47.9 Å². The number of benzene rings is 2. The summed E-state index contributed by atoms with van der Waals surface area (Å²) in [5.41, 5.74) is 11.3. The van der Waals surface area contributed by atoms with Crippen molar-refractivity contribution in [3.63, 3.8) is 0 Å². The van der Waals surface area contributed by atoms with Crippen LogP contribution in [0.1, 0.15) is 29.0 Å². The number of carbonyl (C=O) groups excluding carboxylic acids is 1. The molecule has 1 unspecified atom stereocenters. The number of carbonyl (C=O) groups is 1. The molecule has 0 saturated heterocycles. The van der Waals surface area contributed by atoms with Gasteiger partial charge in [0.05, 0.1) is 18.2 Å². The number of nitrogens with zero attached hydrogens (tertiary/aromatic N) is 1. The van der Waals surface area contributed by atoms with E-state index in [9.17, 15) is 4.79 Å². The monoisotopic (exact) mass is 348 g/mol. The maximum absolute atomic E-state index is 11.8. The standard InChI is InChI=1S/C22H24N2O2/c1-15(14-26-3)24-16(2)20(22(23)25)13-21(24)19-11-9-18(10-12-19)17-7-5-4-6-8-17/h4-13,15H,14H2,1-3H3,(H2,23,25). The smallest absolute Gasteiger partial charge is 0.250 e. The lowest BCUT2D eigenvalue weighted by molar-refractivity contribution is 0.0999. The van der Waals surface area contributed by atoms with Crippen LogP contribution in [-0.4, -0.2) is 24.2 Å². The third-order valence-corrected chi connectivity index (χ3v) is 4.69. The van der Waals surface area contributed by atoms with Crippen molar-refractivity contribution in [2.24, 2.45) is 5.73 Å². The zero-order chi connectivity index (χ0) is 18.7. The third kappa shape index (κ3) is 3.41. The molecular formula is C22H24N2O2. The molecule has 1 heterocycles. The maximum atomic E-state index is 11.8. The number of aromatic nitrogens is 1. The van der Waals surface area contributed by atoms with Crippen LogP contribution in [0.3, 0.4) is 0 Å². The van der Waals surface area contributed by atoms with Crippen molar-refractivity contribution >= 4 is 5.91 Å². The van der Waals surface area contributed by atoms with E-state index in [1.54, 1.807) is 7.11 Å². The highest BCUT2D eigenvalue weighted by Crippen LogP contribution is 2.31. The minimum absolute atomic E-state index is 0.0944. The van der Waals surface area contributed by atoms with Gasteiger partial charge in [-0.05, 0) is 36.6 Å². The normalized spacial score (nSPS) is 12.1. The topological polar surface area (TPSA) is 57.2 Å². The lowest BCUT2D eigenvalue weighted by atomic mass is 10.0. The van der Waals surface area contributed by atoms with Crippen molar-refractivity contribution in [3.05, 3.63) is 71.9 Å². The Hall–Kier alpha value is -2.85. The average Bonchev–Trinajstić information content (AvgIpc) is 3.00. The molecule has 0 saturated carbocycles. The highest BCUT2D eigenvalue weighted by Gasteiger charge is 2.20. The van der Waals surface area contributed by atoms with Gasteiger partial charge in [-0.1, -0.05) is 54.6 Å². The van der Waals surface area contributed by atoms with Crippen molar-refractivity contribution in [2.45, 2.75) is 19.9 Å². The maximum Gasteiger partial charge on any atom is 0.250 e. The van der Waals surface area contributed by atoms with Crippen LogP contribution in [0.5, 0.6) is 0 Å². The third-order valence-electron chi connectivity index (χ3n) is 4.69. The van der Waals surface area contributed by atoms with Crippen molar-refractivity contribution in [1.29, 1.82) is 0 Å². The molecule has 0 spiro atoms. The highest BCUT2D eigenvalue weighted by molar-refractivity contribution is 5.95. The van der Waals surface area contributed by atoms with Crippen molar-refractivity contribution in [1.82, 2.24) is 4.57 Å². The van der Waals surface area contributed by atoms with Gasteiger partial charge in [-0.3, -0.25) is 4.79 Å². The largest absolute Gasteiger partial charge is 0.383 e. The second kappa shape index (κ2) is 7.58. The van der Waals surface area contributed by atoms with Gasteiger partial charge in [-0.25, -0.2) is 0 Å². The average molecular weight is 348 g/mol. The fraction of sp³-hybridized carbons (Fsp3) is 0.227. The number of hydrogen-bond acceptors (Lipinski definition) is 2. The van der Waals surface area contributed by atoms with E-state index in [-0.39, 0.29) is 6.04 Å².